The normalized spacial score (nSPS) is 21.4. The van der Waals surface area contributed by atoms with Crippen LogP contribution in [-0.4, -0.2) is 19.6 Å². The maximum atomic E-state index is 14.3. The van der Waals surface area contributed by atoms with Gasteiger partial charge in [0.15, 0.2) is 11.6 Å². The molecule has 0 amide bonds. The Morgan fingerprint density at radius 3 is 1.74 bits per heavy atom. The van der Waals surface area contributed by atoms with Crippen LogP contribution >= 0.6 is 0 Å². The molecule has 4 aromatic rings. The summed E-state index contributed by atoms with van der Waals surface area (Å²) in [6.45, 7) is 6.95. The van der Waals surface area contributed by atoms with Crippen molar-refractivity contribution in [2.24, 2.45) is 11.3 Å². The van der Waals surface area contributed by atoms with Gasteiger partial charge in [-0.15, -0.1) is 0 Å². The van der Waals surface area contributed by atoms with E-state index in [-0.39, 0.29) is 29.3 Å². The van der Waals surface area contributed by atoms with Crippen molar-refractivity contribution >= 4 is 19.6 Å². The molecule has 3 heteroatoms. The molecule has 0 spiro atoms. The van der Waals surface area contributed by atoms with Gasteiger partial charge in [0.1, 0.15) is 0 Å². The summed E-state index contributed by atoms with van der Waals surface area (Å²) in [6.07, 6.45) is 2.68. The summed E-state index contributed by atoms with van der Waals surface area (Å²) in [5.41, 5.74) is 5.56. The Morgan fingerprint density at radius 1 is 0.718 bits per heavy atom. The molecule has 0 heterocycles. The number of hydrogen-bond donors (Lipinski definition) is 0. The highest BCUT2D eigenvalue weighted by molar-refractivity contribution is 6.81. The summed E-state index contributed by atoms with van der Waals surface area (Å²) in [5.74, 6) is -0.175. The third-order valence-electron chi connectivity index (χ3n) is 7.96. The minimum atomic E-state index is -1.63. The van der Waals surface area contributed by atoms with Gasteiger partial charge in [0.25, 0.3) is 0 Å². The molecular formula is C36H36O2Si. The van der Waals surface area contributed by atoms with Crippen LogP contribution in [0.1, 0.15) is 50.1 Å². The van der Waals surface area contributed by atoms with Crippen LogP contribution in [-0.2, 0) is 0 Å². The molecular weight excluding hydrogens is 492 g/mol. The fourth-order valence-corrected chi connectivity index (χ4v) is 6.86. The lowest BCUT2D eigenvalue weighted by Gasteiger charge is -2.28. The zero-order valence-electron chi connectivity index (χ0n) is 23.0. The maximum Gasteiger partial charge on any atom is 0.167 e. The standard InChI is InChI=1S/C36H36O2Si/c1-39(2,3)25-24-36(31(27-16-8-4-9-17-27)26-32(37)28-18-10-5-11-19-28)33(29-20-12-6-13-21-29)34(36)35(38)30-22-14-7-15-23-30/h4-25,31,33-34H,26H2,1-3H3/b25-24+/t31?,33-,34+,36?/m1/s1. The van der Waals surface area contributed by atoms with Crippen molar-refractivity contribution in [3.8, 4) is 0 Å². The molecule has 0 radical (unpaired) electrons. The molecule has 2 unspecified atom stereocenters. The van der Waals surface area contributed by atoms with Gasteiger partial charge in [-0.05, 0) is 11.1 Å². The number of hydrogen-bond acceptors (Lipinski definition) is 2. The van der Waals surface area contributed by atoms with Gasteiger partial charge in [-0.2, -0.15) is 0 Å². The highest BCUT2D eigenvalue weighted by Gasteiger charge is 2.70. The van der Waals surface area contributed by atoms with Crippen LogP contribution in [0.3, 0.4) is 0 Å². The van der Waals surface area contributed by atoms with Crippen molar-refractivity contribution in [1.82, 2.24) is 0 Å². The zero-order chi connectivity index (χ0) is 27.5. The SMILES string of the molecule is C[Si](C)(C)/C=C/C1(C(CC(=O)c2ccccc2)c2ccccc2)[C@H](C(=O)c2ccccc2)[C@H]1c1ccccc1. The fourth-order valence-electron chi connectivity index (χ4n) is 6.08. The number of rotatable bonds is 10. The fraction of sp³-hybridized carbons (Fsp3) is 0.222. The largest absolute Gasteiger partial charge is 0.294 e. The van der Waals surface area contributed by atoms with Gasteiger partial charge in [0.05, 0.1) is 8.07 Å². The van der Waals surface area contributed by atoms with Crippen LogP contribution in [0, 0.1) is 11.3 Å². The first-order valence-corrected chi connectivity index (χ1v) is 17.4. The summed E-state index contributed by atoms with van der Waals surface area (Å²) >= 11 is 0. The van der Waals surface area contributed by atoms with E-state index >= 15 is 0 Å². The molecule has 0 saturated heterocycles. The van der Waals surface area contributed by atoms with Crippen LogP contribution < -0.4 is 0 Å². The molecule has 2 nitrogen and oxygen atoms in total. The van der Waals surface area contributed by atoms with E-state index in [2.05, 4.69) is 67.8 Å². The van der Waals surface area contributed by atoms with Crippen LogP contribution in [0.2, 0.25) is 19.6 Å². The quantitative estimate of drug-likeness (QED) is 0.152. The lowest BCUT2D eigenvalue weighted by Crippen LogP contribution is -2.24. The van der Waals surface area contributed by atoms with Crippen LogP contribution in [0.25, 0.3) is 0 Å². The Kier molecular flexibility index (Phi) is 7.63. The Bertz CT molecular complexity index is 1440. The monoisotopic (exact) mass is 528 g/mol. The topological polar surface area (TPSA) is 34.1 Å². The van der Waals surface area contributed by atoms with Crippen molar-refractivity contribution in [2.75, 3.05) is 0 Å². The lowest BCUT2D eigenvalue weighted by molar-refractivity contribution is 0.0924. The first-order chi connectivity index (χ1) is 18.8. The average Bonchev–Trinajstić information content (AvgIpc) is 3.65. The highest BCUT2D eigenvalue weighted by atomic mass is 28.3. The molecule has 0 aromatic heterocycles. The van der Waals surface area contributed by atoms with E-state index in [1.807, 2.05) is 84.9 Å². The highest BCUT2D eigenvalue weighted by Crippen LogP contribution is 2.73. The van der Waals surface area contributed by atoms with Gasteiger partial charge >= 0.3 is 0 Å². The summed E-state index contributed by atoms with van der Waals surface area (Å²) in [7, 11) is -1.63. The molecule has 0 N–H and O–H groups in total. The minimum absolute atomic E-state index is 0.0206. The molecule has 1 fully saturated rings. The number of benzene rings is 4. The van der Waals surface area contributed by atoms with Gasteiger partial charge in [-0.1, -0.05) is 153 Å². The van der Waals surface area contributed by atoms with E-state index < -0.39 is 13.5 Å². The van der Waals surface area contributed by atoms with Crippen LogP contribution in [0.5, 0.6) is 0 Å². The maximum absolute atomic E-state index is 14.3. The Balaban J connectivity index is 1.70. The smallest absolute Gasteiger partial charge is 0.167 e. The molecule has 1 aliphatic rings. The van der Waals surface area contributed by atoms with Crippen molar-refractivity contribution in [2.45, 2.75) is 37.9 Å². The van der Waals surface area contributed by atoms with E-state index in [0.29, 0.717) is 12.0 Å². The predicted molar refractivity (Wildman–Crippen MR) is 163 cm³/mol. The molecule has 1 saturated carbocycles. The molecule has 0 aliphatic heterocycles. The number of carbonyl (C=O) groups excluding carboxylic acids is 2. The van der Waals surface area contributed by atoms with Crippen LogP contribution in [0.4, 0.5) is 0 Å². The predicted octanol–water partition coefficient (Wildman–Crippen LogP) is 8.76. The average molecular weight is 529 g/mol. The third-order valence-corrected chi connectivity index (χ3v) is 9.13. The van der Waals surface area contributed by atoms with Gasteiger partial charge < -0.3 is 0 Å². The van der Waals surface area contributed by atoms with Gasteiger partial charge in [-0.25, -0.2) is 0 Å². The van der Waals surface area contributed by atoms with Crippen molar-refractivity contribution in [3.05, 3.63) is 155 Å². The van der Waals surface area contributed by atoms with Gasteiger partial charge in [-0.3, -0.25) is 9.59 Å². The van der Waals surface area contributed by atoms with Crippen molar-refractivity contribution in [1.29, 1.82) is 0 Å². The van der Waals surface area contributed by atoms with E-state index in [4.69, 9.17) is 0 Å². The van der Waals surface area contributed by atoms with Gasteiger partial charge in [0.2, 0.25) is 0 Å². The number of ketones is 2. The molecule has 1 aliphatic carbocycles. The number of Topliss-reactive ketones (excluding diaryl/α,β-unsaturated/α-hetero) is 2. The second-order valence-corrected chi connectivity index (χ2v) is 16.8. The Labute approximate surface area is 233 Å². The summed E-state index contributed by atoms with van der Waals surface area (Å²) in [5, 5.41) is 0. The summed E-state index contributed by atoms with van der Waals surface area (Å²) in [6, 6.07) is 39.9. The zero-order valence-corrected chi connectivity index (χ0v) is 24.0. The number of allylic oxidation sites excluding steroid dienone is 1. The molecule has 0 bridgehead atoms. The molecule has 4 atom stereocenters. The van der Waals surface area contributed by atoms with E-state index in [1.54, 1.807) is 0 Å². The second kappa shape index (κ2) is 11.1. The minimum Gasteiger partial charge on any atom is -0.294 e. The number of carbonyl (C=O) groups is 2. The van der Waals surface area contributed by atoms with E-state index in [0.717, 1.165) is 16.7 Å². The van der Waals surface area contributed by atoms with Crippen LogP contribution in [0.15, 0.2) is 133 Å². The first kappa shape index (κ1) is 26.8. The second-order valence-electron chi connectivity index (χ2n) is 11.8. The van der Waals surface area contributed by atoms with Crippen molar-refractivity contribution in [3.63, 3.8) is 0 Å². The Morgan fingerprint density at radius 2 is 1.21 bits per heavy atom. The van der Waals surface area contributed by atoms with E-state index in [1.165, 1.54) is 0 Å². The van der Waals surface area contributed by atoms with Gasteiger partial charge in [0, 0.05) is 40.7 Å². The molecule has 39 heavy (non-hydrogen) atoms. The van der Waals surface area contributed by atoms with E-state index in [9.17, 15) is 9.59 Å². The molecule has 4 aromatic carbocycles. The third kappa shape index (κ3) is 5.64. The summed E-state index contributed by atoms with van der Waals surface area (Å²) < 4.78 is 0. The lowest BCUT2D eigenvalue weighted by atomic mass is 9.75. The Hall–Kier alpha value is -3.82. The van der Waals surface area contributed by atoms with Crippen molar-refractivity contribution < 1.29 is 9.59 Å². The first-order valence-electron chi connectivity index (χ1n) is 13.8. The summed E-state index contributed by atoms with van der Waals surface area (Å²) in [4.78, 5) is 28.1. The molecule has 196 valence electrons. The molecule has 5 rings (SSSR count).